The molecule has 0 saturated heterocycles. The Hall–Kier alpha value is -3.61. The summed E-state index contributed by atoms with van der Waals surface area (Å²) < 4.78 is 0. The number of nitrogens with one attached hydrogen (secondary N) is 2. The average molecular weight is 389 g/mol. The molecule has 0 radical (unpaired) electrons. The predicted molar refractivity (Wildman–Crippen MR) is 111 cm³/mol. The molecule has 1 aromatic carbocycles. The smallest absolute Gasteiger partial charge is 0.238 e. The van der Waals surface area contributed by atoms with Gasteiger partial charge in [-0.25, -0.2) is 9.97 Å². The van der Waals surface area contributed by atoms with Crippen LogP contribution >= 0.6 is 0 Å². The highest BCUT2D eigenvalue weighted by molar-refractivity contribution is 5.98. The highest BCUT2D eigenvalue weighted by atomic mass is 16.2. The Morgan fingerprint density at radius 1 is 1.00 bits per heavy atom. The number of Topliss-reactive ketones (excluding diaryl/α,β-unsaturated/α-hetero) is 1. The highest BCUT2D eigenvalue weighted by Crippen LogP contribution is 2.15. The third kappa shape index (κ3) is 5.68. The largest absolute Gasteiger partial charge is 0.294 e. The molecule has 148 valence electrons. The number of benzene rings is 1. The van der Waals surface area contributed by atoms with Crippen molar-refractivity contribution in [2.75, 3.05) is 5.43 Å². The van der Waals surface area contributed by atoms with Gasteiger partial charge in [0, 0.05) is 36.4 Å². The van der Waals surface area contributed by atoms with Gasteiger partial charge in [0.15, 0.2) is 11.6 Å². The zero-order valence-electron chi connectivity index (χ0n) is 16.5. The Bertz CT molecular complexity index is 988. The molecule has 1 amide bonds. The molecule has 0 atom stereocenters. The van der Waals surface area contributed by atoms with Crippen molar-refractivity contribution in [1.29, 1.82) is 0 Å². The van der Waals surface area contributed by atoms with Crippen molar-refractivity contribution in [2.24, 2.45) is 0 Å². The molecule has 0 unspecified atom stereocenters. The van der Waals surface area contributed by atoms with E-state index in [2.05, 4.69) is 25.8 Å². The molecular weight excluding hydrogens is 366 g/mol. The van der Waals surface area contributed by atoms with Crippen LogP contribution < -0.4 is 10.9 Å². The third-order valence-corrected chi connectivity index (χ3v) is 4.32. The normalized spacial score (nSPS) is 10.4. The topological polar surface area (TPSA) is 96.9 Å². The van der Waals surface area contributed by atoms with Gasteiger partial charge in [-0.1, -0.05) is 42.8 Å². The summed E-state index contributed by atoms with van der Waals surface area (Å²) in [5, 5.41) is 0. The Labute approximate surface area is 169 Å². The molecule has 29 heavy (non-hydrogen) atoms. The third-order valence-electron chi connectivity index (χ3n) is 4.32. The van der Waals surface area contributed by atoms with Gasteiger partial charge in [-0.15, -0.1) is 0 Å². The van der Waals surface area contributed by atoms with Crippen molar-refractivity contribution in [3.63, 3.8) is 0 Å². The minimum Gasteiger partial charge on any atom is -0.294 e. The lowest BCUT2D eigenvalue weighted by Gasteiger charge is -2.10. The summed E-state index contributed by atoms with van der Waals surface area (Å²) in [5.41, 5.74) is 8.58. The van der Waals surface area contributed by atoms with Crippen molar-refractivity contribution < 1.29 is 9.59 Å². The summed E-state index contributed by atoms with van der Waals surface area (Å²) >= 11 is 0. The Balaban J connectivity index is 1.58. The number of carbonyl (C=O) groups is 2. The fourth-order valence-electron chi connectivity index (χ4n) is 2.66. The van der Waals surface area contributed by atoms with Crippen LogP contribution in [0.4, 0.5) is 5.82 Å². The number of hydrazine groups is 1. The van der Waals surface area contributed by atoms with Gasteiger partial charge in [0.25, 0.3) is 0 Å². The molecule has 0 fully saturated rings. The minimum absolute atomic E-state index is 0.0621. The van der Waals surface area contributed by atoms with Crippen LogP contribution in [0.15, 0.2) is 54.7 Å². The molecule has 0 bridgehead atoms. The Kier molecular flexibility index (Phi) is 6.63. The van der Waals surface area contributed by atoms with Gasteiger partial charge in [0.2, 0.25) is 5.91 Å². The number of pyridine rings is 1. The van der Waals surface area contributed by atoms with Gasteiger partial charge in [-0.05, 0) is 25.5 Å². The number of hydrogen-bond donors (Lipinski definition) is 2. The second-order valence-electron chi connectivity index (χ2n) is 6.60. The van der Waals surface area contributed by atoms with E-state index in [1.807, 2.05) is 44.2 Å². The Morgan fingerprint density at radius 3 is 2.48 bits per heavy atom. The van der Waals surface area contributed by atoms with E-state index in [9.17, 15) is 9.59 Å². The van der Waals surface area contributed by atoms with Crippen molar-refractivity contribution in [3.05, 3.63) is 71.5 Å². The van der Waals surface area contributed by atoms with Crippen molar-refractivity contribution in [1.82, 2.24) is 20.4 Å². The number of rotatable bonds is 8. The first-order valence-corrected chi connectivity index (χ1v) is 9.49. The Morgan fingerprint density at radius 2 is 1.79 bits per heavy atom. The van der Waals surface area contributed by atoms with Crippen LogP contribution in [0.1, 0.15) is 41.4 Å². The van der Waals surface area contributed by atoms with E-state index in [1.54, 1.807) is 24.4 Å². The lowest BCUT2D eigenvalue weighted by atomic mass is 10.1. The molecule has 0 saturated carbocycles. The van der Waals surface area contributed by atoms with Crippen LogP contribution in [-0.2, 0) is 11.2 Å². The standard InChI is InChI=1S/C22H23N5O2/c1-3-17-14-20(25-22(24-17)18-6-4-5-13-23-18)26-27-21(29)12-11-19(28)16-9-7-15(2)8-10-16/h4-10,13-14H,3,11-12H2,1-2H3,(H,27,29)(H,24,25,26). The van der Waals surface area contributed by atoms with Crippen LogP contribution in [0.5, 0.6) is 0 Å². The minimum atomic E-state index is -0.290. The molecule has 0 aliphatic carbocycles. The number of amides is 1. The van der Waals surface area contributed by atoms with Gasteiger partial charge in [0.1, 0.15) is 11.5 Å². The van der Waals surface area contributed by atoms with Crippen molar-refractivity contribution in [2.45, 2.75) is 33.1 Å². The summed E-state index contributed by atoms with van der Waals surface area (Å²) in [6.45, 7) is 3.95. The molecule has 0 aliphatic heterocycles. The maximum absolute atomic E-state index is 12.2. The molecule has 2 heterocycles. The van der Waals surface area contributed by atoms with Crippen LogP contribution in [0.3, 0.4) is 0 Å². The summed E-state index contributed by atoms with van der Waals surface area (Å²) in [5.74, 6) is 0.598. The van der Waals surface area contributed by atoms with E-state index in [4.69, 9.17) is 0 Å². The first kappa shape index (κ1) is 20.1. The number of nitrogens with zero attached hydrogens (tertiary/aromatic N) is 3. The molecule has 3 rings (SSSR count). The number of ketones is 1. The lowest BCUT2D eigenvalue weighted by Crippen LogP contribution is -2.30. The van der Waals surface area contributed by atoms with Crippen LogP contribution in [0.2, 0.25) is 0 Å². The first-order valence-electron chi connectivity index (χ1n) is 9.49. The maximum Gasteiger partial charge on any atom is 0.238 e. The molecule has 3 aromatic rings. The second-order valence-corrected chi connectivity index (χ2v) is 6.60. The fraction of sp³-hybridized carbons (Fsp3) is 0.227. The van der Waals surface area contributed by atoms with E-state index < -0.39 is 0 Å². The molecule has 2 aromatic heterocycles. The first-order chi connectivity index (χ1) is 14.0. The zero-order chi connectivity index (χ0) is 20.6. The van der Waals surface area contributed by atoms with Crippen LogP contribution in [0, 0.1) is 6.92 Å². The molecule has 7 nitrogen and oxygen atoms in total. The van der Waals surface area contributed by atoms with Gasteiger partial charge < -0.3 is 0 Å². The van der Waals surface area contributed by atoms with E-state index in [0.717, 1.165) is 17.7 Å². The van der Waals surface area contributed by atoms with E-state index >= 15 is 0 Å². The maximum atomic E-state index is 12.2. The SMILES string of the molecule is CCc1cc(NNC(=O)CCC(=O)c2ccc(C)cc2)nc(-c2ccccn2)n1. The predicted octanol–water partition coefficient (Wildman–Crippen LogP) is 3.52. The fourth-order valence-corrected chi connectivity index (χ4v) is 2.66. The van der Waals surface area contributed by atoms with Crippen LogP contribution in [0.25, 0.3) is 11.5 Å². The molecule has 7 heteroatoms. The lowest BCUT2D eigenvalue weighted by molar-refractivity contribution is -0.120. The monoisotopic (exact) mass is 389 g/mol. The number of carbonyl (C=O) groups excluding carboxylic acids is 2. The van der Waals surface area contributed by atoms with Gasteiger partial charge in [0.05, 0.1) is 0 Å². The average Bonchev–Trinajstić information content (AvgIpc) is 2.76. The number of anilines is 1. The van der Waals surface area contributed by atoms with Gasteiger partial charge in [-0.2, -0.15) is 0 Å². The summed E-state index contributed by atoms with van der Waals surface area (Å²) in [6.07, 6.45) is 2.62. The summed E-state index contributed by atoms with van der Waals surface area (Å²) in [6, 6.07) is 14.6. The number of hydrogen-bond acceptors (Lipinski definition) is 6. The van der Waals surface area contributed by atoms with Crippen LogP contribution in [-0.4, -0.2) is 26.6 Å². The highest BCUT2D eigenvalue weighted by Gasteiger charge is 2.11. The van der Waals surface area contributed by atoms with E-state index in [0.29, 0.717) is 22.9 Å². The van der Waals surface area contributed by atoms with E-state index in [-0.39, 0.29) is 24.5 Å². The molecular formula is C22H23N5O2. The molecule has 0 spiro atoms. The number of aromatic nitrogens is 3. The van der Waals surface area contributed by atoms with Gasteiger partial charge in [-0.3, -0.25) is 25.4 Å². The summed E-state index contributed by atoms with van der Waals surface area (Å²) in [7, 11) is 0. The zero-order valence-corrected chi connectivity index (χ0v) is 16.5. The number of aryl methyl sites for hydroxylation is 2. The quantitative estimate of drug-likeness (QED) is 0.452. The molecule has 0 aliphatic rings. The summed E-state index contributed by atoms with van der Waals surface area (Å²) in [4.78, 5) is 37.5. The van der Waals surface area contributed by atoms with Gasteiger partial charge >= 0.3 is 0 Å². The molecule has 2 N–H and O–H groups in total. The second kappa shape index (κ2) is 9.54. The van der Waals surface area contributed by atoms with Crippen molar-refractivity contribution in [3.8, 4) is 11.5 Å². The van der Waals surface area contributed by atoms with E-state index in [1.165, 1.54) is 0 Å². The van der Waals surface area contributed by atoms with Crippen molar-refractivity contribution >= 4 is 17.5 Å².